The van der Waals surface area contributed by atoms with Crippen molar-refractivity contribution in [1.82, 2.24) is 0 Å². The SMILES string of the molecule is CCc1ccccc1Pc1ccc(Br)cc1. The average Bonchev–Trinajstić information content (AvgIpc) is 2.33. The number of rotatable bonds is 3. The van der Waals surface area contributed by atoms with Crippen LogP contribution in [0.3, 0.4) is 0 Å². The lowest BCUT2D eigenvalue weighted by Gasteiger charge is -2.07. The van der Waals surface area contributed by atoms with Gasteiger partial charge in [-0.15, -0.1) is 0 Å². The summed E-state index contributed by atoms with van der Waals surface area (Å²) in [5.74, 6) is 0. The van der Waals surface area contributed by atoms with E-state index in [-0.39, 0.29) is 0 Å². The van der Waals surface area contributed by atoms with Crippen LogP contribution >= 0.6 is 24.5 Å². The number of hydrogen-bond acceptors (Lipinski definition) is 0. The van der Waals surface area contributed by atoms with E-state index in [0.29, 0.717) is 0 Å². The molecule has 0 nitrogen and oxygen atoms in total. The minimum Gasteiger partial charge on any atom is -0.0619 e. The van der Waals surface area contributed by atoms with Gasteiger partial charge in [-0.1, -0.05) is 67.8 Å². The van der Waals surface area contributed by atoms with Gasteiger partial charge in [-0.05, 0) is 34.7 Å². The van der Waals surface area contributed by atoms with Gasteiger partial charge in [0.25, 0.3) is 0 Å². The molecule has 0 aliphatic heterocycles. The van der Waals surface area contributed by atoms with E-state index in [1.165, 1.54) is 16.2 Å². The first-order valence-electron chi connectivity index (χ1n) is 5.40. The lowest BCUT2D eigenvalue weighted by Crippen LogP contribution is -2.07. The second-order valence-electron chi connectivity index (χ2n) is 3.64. The van der Waals surface area contributed by atoms with Crippen LogP contribution in [-0.2, 0) is 6.42 Å². The van der Waals surface area contributed by atoms with Gasteiger partial charge in [0.15, 0.2) is 0 Å². The molecule has 2 heteroatoms. The zero-order valence-electron chi connectivity index (χ0n) is 9.20. The van der Waals surface area contributed by atoms with Gasteiger partial charge in [0, 0.05) is 4.47 Å². The molecule has 2 aromatic carbocycles. The van der Waals surface area contributed by atoms with Crippen molar-refractivity contribution in [3.63, 3.8) is 0 Å². The van der Waals surface area contributed by atoms with Gasteiger partial charge < -0.3 is 0 Å². The minimum absolute atomic E-state index is 0.758. The summed E-state index contributed by atoms with van der Waals surface area (Å²) in [5.41, 5.74) is 1.46. The summed E-state index contributed by atoms with van der Waals surface area (Å²) in [4.78, 5) is 0. The Balaban J connectivity index is 2.23. The molecule has 0 fully saturated rings. The molecule has 0 aromatic heterocycles. The molecule has 0 bridgehead atoms. The smallest absolute Gasteiger partial charge is 0.0175 e. The molecule has 0 saturated heterocycles. The Morgan fingerprint density at radius 2 is 1.69 bits per heavy atom. The second kappa shape index (κ2) is 5.61. The Morgan fingerprint density at radius 3 is 2.38 bits per heavy atom. The number of benzene rings is 2. The molecule has 0 saturated carbocycles. The summed E-state index contributed by atoms with van der Waals surface area (Å²) in [6.45, 7) is 2.21. The maximum Gasteiger partial charge on any atom is 0.0175 e. The molecule has 1 atom stereocenters. The van der Waals surface area contributed by atoms with Crippen molar-refractivity contribution in [2.45, 2.75) is 13.3 Å². The van der Waals surface area contributed by atoms with E-state index in [1.54, 1.807) is 0 Å². The first kappa shape index (κ1) is 11.8. The minimum atomic E-state index is 0.758. The Bertz CT molecular complexity index is 462. The lowest BCUT2D eigenvalue weighted by molar-refractivity contribution is 1.15. The highest BCUT2D eigenvalue weighted by Crippen LogP contribution is 2.16. The van der Waals surface area contributed by atoms with E-state index >= 15 is 0 Å². The molecule has 2 aromatic rings. The summed E-state index contributed by atoms with van der Waals surface area (Å²) >= 11 is 3.46. The molecule has 0 amide bonds. The zero-order chi connectivity index (χ0) is 11.4. The first-order valence-corrected chi connectivity index (χ1v) is 7.19. The highest BCUT2D eigenvalue weighted by molar-refractivity contribution is 9.10. The van der Waals surface area contributed by atoms with E-state index in [9.17, 15) is 0 Å². The normalized spacial score (nSPS) is 11.1. The second-order valence-corrected chi connectivity index (χ2v) is 5.92. The highest BCUT2D eigenvalue weighted by Gasteiger charge is 2.00. The fraction of sp³-hybridized carbons (Fsp3) is 0.143. The van der Waals surface area contributed by atoms with Crippen molar-refractivity contribution in [1.29, 1.82) is 0 Å². The van der Waals surface area contributed by atoms with Gasteiger partial charge in [-0.2, -0.15) is 0 Å². The van der Waals surface area contributed by atoms with Crippen molar-refractivity contribution in [3.8, 4) is 0 Å². The molecule has 0 radical (unpaired) electrons. The molecule has 0 aliphatic carbocycles. The maximum absolute atomic E-state index is 3.46. The van der Waals surface area contributed by atoms with Gasteiger partial charge in [-0.3, -0.25) is 0 Å². The van der Waals surface area contributed by atoms with E-state index in [2.05, 4.69) is 71.4 Å². The molecule has 0 spiro atoms. The Hall–Kier alpha value is -0.650. The third kappa shape index (κ3) is 2.93. The molecule has 0 aliphatic rings. The van der Waals surface area contributed by atoms with Crippen LogP contribution in [0.25, 0.3) is 0 Å². The predicted octanol–water partition coefficient (Wildman–Crippen LogP) is 3.64. The fourth-order valence-electron chi connectivity index (χ4n) is 1.64. The summed E-state index contributed by atoms with van der Waals surface area (Å²) < 4.78 is 1.14. The van der Waals surface area contributed by atoms with Crippen LogP contribution < -0.4 is 10.6 Å². The summed E-state index contributed by atoms with van der Waals surface area (Å²) in [5, 5.41) is 2.86. The van der Waals surface area contributed by atoms with Crippen LogP contribution in [0.4, 0.5) is 0 Å². The monoisotopic (exact) mass is 292 g/mol. The quantitative estimate of drug-likeness (QED) is 0.758. The van der Waals surface area contributed by atoms with Gasteiger partial charge >= 0.3 is 0 Å². The van der Waals surface area contributed by atoms with Crippen molar-refractivity contribution >= 4 is 35.1 Å². The maximum atomic E-state index is 3.46. The molecule has 0 N–H and O–H groups in total. The van der Waals surface area contributed by atoms with Crippen LogP contribution in [0.2, 0.25) is 0 Å². The van der Waals surface area contributed by atoms with Crippen LogP contribution in [0.5, 0.6) is 0 Å². The van der Waals surface area contributed by atoms with Gasteiger partial charge in [-0.25, -0.2) is 0 Å². The van der Waals surface area contributed by atoms with Crippen molar-refractivity contribution in [3.05, 3.63) is 58.6 Å². The Morgan fingerprint density at radius 1 is 1.00 bits per heavy atom. The Kier molecular flexibility index (Phi) is 4.15. The van der Waals surface area contributed by atoms with Gasteiger partial charge in [0.1, 0.15) is 0 Å². The topological polar surface area (TPSA) is 0 Å². The van der Waals surface area contributed by atoms with Gasteiger partial charge in [0.05, 0.1) is 0 Å². The van der Waals surface area contributed by atoms with E-state index in [1.807, 2.05) is 0 Å². The van der Waals surface area contributed by atoms with E-state index in [4.69, 9.17) is 0 Å². The summed E-state index contributed by atoms with van der Waals surface area (Å²) in [6.07, 6.45) is 1.11. The standard InChI is InChI=1S/C14H14BrP/c1-2-11-5-3-4-6-14(11)16-13-9-7-12(15)8-10-13/h3-10,16H,2H2,1H3. The van der Waals surface area contributed by atoms with Crippen LogP contribution in [-0.4, -0.2) is 0 Å². The summed E-state index contributed by atoms with van der Waals surface area (Å²) in [6, 6.07) is 17.3. The van der Waals surface area contributed by atoms with E-state index in [0.717, 1.165) is 19.5 Å². The molecular formula is C14H14BrP. The van der Waals surface area contributed by atoms with Crippen LogP contribution in [0.15, 0.2) is 53.0 Å². The van der Waals surface area contributed by atoms with Gasteiger partial charge in [0.2, 0.25) is 0 Å². The predicted molar refractivity (Wildman–Crippen MR) is 77.5 cm³/mol. The molecule has 0 heterocycles. The Labute approximate surface area is 107 Å². The average molecular weight is 293 g/mol. The number of halogens is 1. The van der Waals surface area contributed by atoms with Crippen molar-refractivity contribution in [2.75, 3.05) is 0 Å². The van der Waals surface area contributed by atoms with Crippen LogP contribution in [0.1, 0.15) is 12.5 Å². The molecule has 16 heavy (non-hydrogen) atoms. The number of hydrogen-bond donors (Lipinski definition) is 0. The van der Waals surface area contributed by atoms with E-state index < -0.39 is 0 Å². The summed E-state index contributed by atoms with van der Waals surface area (Å²) in [7, 11) is 0.758. The highest BCUT2D eigenvalue weighted by atomic mass is 79.9. The third-order valence-electron chi connectivity index (χ3n) is 2.52. The first-order chi connectivity index (χ1) is 7.79. The molecular weight excluding hydrogens is 279 g/mol. The molecule has 1 unspecified atom stereocenters. The molecule has 82 valence electrons. The zero-order valence-corrected chi connectivity index (χ0v) is 11.8. The third-order valence-corrected chi connectivity index (χ3v) is 4.43. The van der Waals surface area contributed by atoms with Crippen molar-refractivity contribution < 1.29 is 0 Å². The number of aryl methyl sites for hydroxylation is 1. The largest absolute Gasteiger partial charge is 0.0619 e. The van der Waals surface area contributed by atoms with Crippen LogP contribution in [0, 0.1) is 0 Å². The fourth-order valence-corrected chi connectivity index (χ4v) is 3.15. The molecule has 2 rings (SSSR count). The lowest BCUT2D eigenvalue weighted by atomic mass is 10.2. The van der Waals surface area contributed by atoms with Crippen molar-refractivity contribution in [2.24, 2.45) is 0 Å².